The van der Waals surface area contributed by atoms with E-state index in [0.29, 0.717) is 12.2 Å². The van der Waals surface area contributed by atoms with Crippen molar-refractivity contribution in [3.8, 4) is 0 Å². The molecule has 7 nitrogen and oxygen atoms in total. The van der Waals surface area contributed by atoms with Crippen LogP contribution in [0, 0.1) is 19.8 Å². The lowest BCUT2D eigenvalue weighted by molar-refractivity contribution is 0.249. The lowest BCUT2D eigenvalue weighted by Gasteiger charge is -2.14. The first-order valence-corrected chi connectivity index (χ1v) is 7.67. The van der Waals surface area contributed by atoms with Gasteiger partial charge in [-0.05, 0) is 38.0 Å². The summed E-state index contributed by atoms with van der Waals surface area (Å²) < 4.78 is 1.97. The average molecular weight is 316 g/mol. The van der Waals surface area contributed by atoms with E-state index in [9.17, 15) is 4.79 Å². The van der Waals surface area contributed by atoms with Crippen LogP contribution in [-0.2, 0) is 6.54 Å². The molecule has 0 saturated carbocycles. The van der Waals surface area contributed by atoms with E-state index in [-0.39, 0.29) is 11.9 Å². The van der Waals surface area contributed by atoms with Crippen LogP contribution in [-0.4, -0.2) is 34.4 Å². The SMILES string of the molecule is CNc1ccc(NC(=O)NCC(C)Cn2nc(C)cc2C)cn1. The van der Waals surface area contributed by atoms with Gasteiger partial charge in [0, 0.05) is 25.8 Å². The van der Waals surface area contributed by atoms with Crippen LogP contribution in [0.15, 0.2) is 24.4 Å². The topological polar surface area (TPSA) is 83.9 Å². The first-order valence-electron chi connectivity index (χ1n) is 7.67. The van der Waals surface area contributed by atoms with Gasteiger partial charge in [-0.15, -0.1) is 0 Å². The molecule has 3 N–H and O–H groups in total. The Morgan fingerprint density at radius 3 is 2.70 bits per heavy atom. The van der Waals surface area contributed by atoms with Gasteiger partial charge in [0.15, 0.2) is 0 Å². The fraction of sp³-hybridized carbons (Fsp3) is 0.438. The number of aromatic nitrogens is 3. The fourth-order valence-corrected chi connectivity index (χ4v) is 2.28. The Bertz CT molecular complexity index is 649. The number of aryl methyl sites for hydroxylation is 2. The average Bonchev–Trinajstić information content (AvgIpc) is 2.83. The highest BCUT2D eigenvalue weighted by Gasteiger charge is 2.09. The van der Waals surface area contributed by atoms with E-state index in [4.69, 9.17) is 0 Å². The van der Waals surface area contributed by atoms with Crippen molar-refractivity contribution in [2.45, 2.75) is 27.3 Å². The number of nitrogens with one attached hydrogen (secondary N) is 3. The first-order chi connectivity index (χ1) is 11.0. The number of nitrogens with zero attached hydrogens (tertiary/aromatic N) is 3. The molecule has 0 aliphatic heterocycles. The molecule has 2 heterocycles. The number of rotatable bonds is 6. The Morgan fingerprint density at radius 2 is 2.13 bits per heavy atom. The van der Waals surface area contributed by atoms with E-state index in [1.165, 1.54) is 0 Å². The number of hydrogen-bond acceptors (Lipinski definition) is 4. The molecule has 0 aromatic carbocycles. The first kappa shape index (κ1) is 16.8. The summed E-state index contributed by atoms with van der Waals surface area (Å²) in [7, 11) is 1.80. The van der Waals surface area contributed by atoms with Crippen molar-refractivity contribution in [1.29, 1.82) is 0 Å². The van der Waals surface area contributed by atoms with E-state index in [1.807, 2.05) is 18.5 Å². The summed E-state index contributed by atoms with van der Waals surface area (Å²) in [5, 5.41) is 13.0. The predicted molar refractivity (Wildman–Crippen MR) is 91.7 cm³/mol. The zero-order valence-corrected chi connectivity index (χ0v) is 14.1. The van der Waals surface area contributed by atoms with Gasteiger partial charge in [-0.2, -0.15) is 5.10 Å². The second-order valence-electron chi connectivity index (χ2n) is 5.73. The summed E-state index contributed by atoms with van der Waals surface area (Å²) in [6.45, 7) is 7.45. The van der Waals surface area contributed by atoms with E-state index in [1.54, 1.807) is 25.4 Å². The van der Waals surface area contributed by atoms with Crippen molar-refractivity contribution in [2.24, 2.45) is 5.92 Å². The monoisotopic (exact) mass is 316 g/mol. The third kappa shape index (κ3) is 4.98. The zero-order valence-electron chi connectivity index (χ0n) is 14.1. The molecule has 0 radical (unpaired) electrons. The van der Waals surface area contributed by atoms with Gasteiger partial charge in [0.1, 0.15) is 5.82 Å². The maximum absolute atomic E-state index is 11.9. The Balaban J connectivity index is 1.77. The lowest BCUT2D eigenvalue weighted by Crippen LogP contribution is -2.33. The summed E-state index contributed by atoms with van der Waals surface area (Å²) >= 11 is 0. The fourth-order valence-electron chi connectivity index (χ4n) is 2.28. The van der Waals surface area contributed by atoms with Gasteiger partial charge in [0.2, 0.25) is 0 Å². The van der Waals surface area contributed by atoms with Crippen molar-refractivity contribution in [1.82, 2.24) is 20.1 Å². The second kappa shape index (κ2) is 7.62. The van der Waals surface area contributed by atoms with Crippen LogP contribution in [0.3, 0.4) is 0 Å². The summed E-state index contributed by atoms with van der Waals surface area (Å²) in [5.41, 5.74) is 2.81. The quantitative estimate of drug-likeness (QED) is 0.764. The molecule has 2 rings (SSSR count). The third-order valence-corrected chi connectivity index (χ3v) is 3.48. The predicted octanol–water partition coefficient (Wildman–Crippen LogP) is 2.39. The van der Waals surface area contributed by atoms with Gasteiger partial charge in [0.05, 0.1) is 17.6 Å². The van der Waals surface area contributed by atoms with Crippen molar-refractivity contribution in [2.75, 3.05) is 24.2 Å². The number of carbonyl (C=O) groups is 1. The molecule has 2 aromatic rings. The largest absolute Gasteiger partial charge is 0.373 e. The van der Waals surface area contributed by atoms with Gasteiger partial charge < -0.3 is 16.0 Å². The summed E-state index contributed by atoms with van der Waals surface area (Å²) in [6.07, 6.45) is 1.62. The third-order valence-electron chi connectivity index (χ3n) is 3.48. The summed E-state index contributed by atoms with van der Waals surface area (Å²) in [5.74, 6) is 1.04. The minimum Gasteiger partial charge on any atom is -0.373 e. The molecule has 1 atom stereocenters. The highest BCUT2D eigenvalue weighted by molar-refractivity contribution is 5.89. The molecule has 7 heteroatoms. The van der Waals surface area contributed by atoms with Gasteiger partial charge >= 0.3 is 6.03 Å². The minimum atomic E-state index is -0.232. The molecule has 0 fully saturated rings. The van der Waals surface area contributed by atoms with Crippen LogP contribution in [0.2, 0.25) is 0 Å². The van der Waals surface area contributed by atoms with E-state index < -0.39 is 0 Å². The smallest absolute Gasteiger partial charge is 0.319 e. The van der Waals surface area contributed by atoms with E-state index in [0.717, 1.165) is 23.8 Å². The zero-order chi connectivity index (χ0) is 16.8. The maximum atomic E-state index is 11.9. The van der Waals surface area contributed by atoms with Crippen LogP contribution < -0.4 is 16.0 Å². The standard InChI is InChI=1S/C16H24N6O/c1-11(10-22-13(3)7-12(2)21-22)8-19-16(23)20-14-5-6-15(17-4)18-9-14/h5-7,9,11H,8,10H2,1-4H3,(H,17,18)(H2,19,20,23). The van der Waals surface area contributed by atoms with Gasteiger partial charge in [-0.1, -0.05) is 6.92 Å². The molecule has 0 aliphatic carbocycles. The van der Waals surface area contributed by atoms with Crippen molar-refractivity contribution in [3.05, 3.63) is 35.8 Å². The molecule has 2 aromatic heterocycles. The van der Waals surface area contributed by atoms with Crippen molar-refractivity contribution < 1.29 is 4.79 Å². The number of hydrogen-bond donors (Lipinski definition) is 3. The molecule has 0 spiro atoms. The Morgan fingerprint density at radius 1 is 1.35 bits per heavy atom. The van der Waals surface area contributed by atoms with Gasteiger partial charge in [-0.25, -0.2) is 9.78 Å². The van der Waals surface area contributed by atoms with Crippen molar-refractivity contribution >= 4 is 17.5 Å². The number of amides is 2. The molecule has 124 valence electrons. The van der Waals surface area contributed by atoms with Crippen LogP contribution in [0.25, 0.3) is 0 Å². The molecular weight excluding hydrogens is 292 g/mol. The Kier molecular flexibility index (Phi) is 5.56. The number of anilines is 2. The van der Waals surface area contributed by atoms with E-state index >= 15 is 0 Å². The second-order valence-corrected chi connectivity index (χ2v) is 5.73. The lowest BCUT2D eigenvalue weighted by atomic mass is 10.2. The number of urea groups is 1. The van der Waals surface area contributed by atoms with Crippen LogP contribution in [0.1, 0.15) is 18.3 Å². The Labute approximate surface area is 136 Å². The van der Waals surface area contributed by atoms with E-state index in [2.05, 4.69) is 39.0 Å². The molecule has 0 saturated heterocycles. The van der Waals surface area contributed by atoms with Crippen LogP contribution in [0.5, 0.6) is 0 Å². The molecule has 1 unspecified atom stereocenters. The highest BCUT2D eigenvalue weighted by atomic mass is 16.2. The number of pyridine rings is 1. The normalized spacial score (nSPS) is 11.8. The minimum absolute atomic E-state index is 0.232. The maximum Gasteiger partial charge on any atom is 0.319 e. The van der Waals surface area contributed by atoms with Gasteiger partial charge in [-0.3, -0.25) is 4.68 Å². The highest BCUT2D eigenvalue weighted by Crippen LogP contribution is 2.09. The molecule has 23 heavy (non-hydrogen) atoms. The number of carbonyl (C=O) groups excluding carboxylic acids is 1. The summed E-state index contributed by atoms with van der Waals surface area (Å²) in [6, 6.07) is 5.43. The van der Waals surface area contributed by atoms with Crippen LogP contribution >= 0.6 is 0 Å². The van der Waals surface area contributed by atoms with Crippen molar-refractivity contribution in [3.63, 3.8) is 0 Å². The van der Waals surface area contributed by atoms with Crippen LogP contribution in [0.4, 0.5) is 16.3 Å². The molecule has 2 amide bonds. The molecule has 0 bridgehead atoms. The van der Waals surface area contributed by atoms with Gasteiger partial charge in [0.25, 0.3) is 0 Å². The molecular formula is C16H24N6O. The summed E-state index contributed by atoms with van der Waals surface area (Å²) in [4.78, 5) is 16.1. The molecule has 0 aliphatic rings. The Hall–Kier alpha value is -2.57.